The Balaban J connectivity index is 2.07. The van der Waals surface area contributed by atoms with E-state index in [1.165, 1.54) is 44.2 Å². The van der Waals surface area contributed by atoms with Gasteiger partial charge in [-0.15, -0.1) is 11.8 Å². The van der Waals surface area contributed by atoms with Gasteiger partial charge in [0.1, 0.15) is 5.82 Å². The first-order valence-electron chi connectivity index (χ1n) is 8.59. The van der Waals surface area contributed by atoms with Crippen molar-refractivity contribution in [3.05, 3.63) is 41.9 Å². The van der Waals surface area contributed by atoms with Gasteiger partial charge in [0.25, 0.3) is 0 Å². The lowest BCUT2D eigenvalue weighted by atomic mass is 9.91. The maximum atomic E-state index is 13.1. The van der Waals surface area contributed by atoms with Crippen LogP contribution in [-0.2, 0) is 0 Å². The number of thioether (sulfide) groups is 1. The Morgan fingerprint density at radius 3 is 2.43 bits per heavy atom. The average Bonchev–Trinajstić information content (AvgIpc) is 2.52. The lowest BCUT2D eigenvalue weighted by Gasteiger charge is -2.21. The molecule has 0 heterocycles. The molecule has 1 aromatic carbocycles. The van der Waals surface area contributed by atoms with Crippen LogP contribution in [0.15, 0.2) is 41.0 Å². The van der Waals surface area contributed by atoms with Gasteiger partial charge in [-0.1, -0.05) is 44.6 Å². The van der Waals surface area contributed by atoms with Gasteiger partial charge >= 0.3 is 0 Å². The molecule has 0 amide bonds. The zero-order valence-electron chi connectivity index (χ0n) is 14.5. The maximum absolute atomic E-state index is 13.1. The minimum absolute atomic E-state index is 0.210. The summed E-state index contributed by atoms with van der Waals surface area (Å²) in [6.07, 6.45) is 9.04. The van der Waals surface area contributed by atoms with Crippen LogP contribution in [0, 0.1) is 11.7 Å². The Morgan fingerprint density at radius 1 is 1.17 bits per heavy atom. The van der Waals surface area contributed by atoms with E-state index in [9.17, 15) is 4.39 Å². The summed E-state index contributed by atoms with van der Waals surface area (Å²) in [6.45, 7) is 6.97. The van der Waals surface area contributed by atoms with Gasteiger partial charge in [0.15, 0.2) is 0 Å². The molecule has 0 radical (unpaired) electrons. The van der Waals surface area contributed by atoms with Gasteiger partial charge in [-0.05, 0) is 49.1 Å². The second-order valence-electron chi connectivity index (χ2n) is 7.44. The smallest absolute Gasteiger partial charge is 0.123 e. The minimum Gasteiger partial charge on any atom is -0.242 e. The fourth-order valence-electron chi connectivity index (χ4n) is 2.64. The van der Waals surface area contributed by atoms with Crippen LogP contribution in [0.3, 0.4) is 0 Å². The van der Waals surface area contributed by atoms with E-state index in [1.54, 1.807) is 12.1 Å². The van der Waals surface area contributed by atoms with Crippen molar-refractivity contribution in [3.8, 4) is 0 Å². The monoisotopic (exact) mass is 349 g/mol. The second kappa shape index (κ2) is 8.83. The largest absolute Gasteiger partial charge is 0.242 e. The molecule has 0 bridgehead atoms. The molecule has 1 aromatic rings. The molecule has 1 nitrogen and oxygen atoms in total. The van der Waals surface area contributed by atoms with Gasteiger partial charge in [-0.3, -0.25) is 0 Å². The first-order valence-corrected chi connectivity index (χ1v) is 13.1. The fraction of sp³-hybridized carbons (Fsp3) is 0.526. The van der Waals surface area contributed by atoms with Crippen LogP contribution in [0.5, 0.6) is 0 Å². The van der Waals surface area contributed by atoms with Crippen molar-refractivity contribution >= 4 is 30.6 Å². The van der Waals surface area contributed by atoms with Gasteiger partial charge in [-0.2, -0.15) is 0 Å². The average molecular weight is 350 g/mol. The number of nitrogens with zero attached hydrogens (tertiary/aromatic N) is 1. The van der Waals surface area contributed by atoms with E-state index < -0.39 is 8.07 Å². The van der Waals surface area contributed by atoms with E-state index in [-0.39, 0.29) is 5.82 Å². The number of benzene rings is 1. The first kappa shape index (κ1) is 18.5. The molecule has 1 aliphatic rings. The summed E-state index contributed by atoms with van der Waals surface area (Å²) in [5.41, 5.74) is 3.17. The Kier molecular flexibility index (Phi) is 7.09. The van der Waals surface area contributed by atoms with Gasteiger partial charge in [0.2, 0.25) is 0 Å². The molecule has 0 spiro atoms. The zero-order valence-corrected chi connectivity index (χ0v) is 16.3. The normalized spacial score (nSPS) is 17.8. The highest BCUT2D eigenvalue weighted by atomic mass is 32.2. The van der Waals surface area contributed by atoms with Crippen LogP contribution in [0.1, 0.15) is 32.1 Å². The number of hydrogen-bond acceptors (Lipinski definition) is 2. The Bertz CT molecular complexity index is 539. The molecule has 0 atom stereocenters. The predicted octanol–water partition coefficient (Wildman–Crippen LogP) is 6.60. The molecule has 4 heteroatoms. The molecule has 2 rings (SSSR count). The molecule has 23 heavy (non-hydrogen) atoms. The van der Waals surface area contributed by atoms with Crippen LogP contribution in [0.2, 0.25) is 19.6 Å². The van der Waals surface area contributed by atoms with E-state index in [4.69, 9.17) is 4.99 Å². The SMILES string of the molecule is C[Si](C)(C)C=CC(=Nc1ccc(F)cc1)SCC1CCCCC1. The lowest BCUT2D eigenvalue weighted by Crippen LogP contribution is -2.16. The Hall–Kier alpha value is -0.873. The number of aliphatic imine (C=N–C) groups is 1. The van der Waals surface area contributed by atoms with E-state index in [0.29, 0.717) is 0 Å². The molecular formula is C19H28FNSSi. The van der Waals surface area contributed by atoms with Gasteiger partial charge in [-0.25, -0.2) is 9.38 Å². The fourth-order valence-corrected chi connectivity index (χ4v) is 4.49. The van der Waals surface area contributed by atoms with Crippen molar-refractivity contribution in [2.24, 2.45) is 10.9 Å². The molecule has 1 aliphatic carbocycles. The highest BCUT2D eigenvalue weighted by molar-refractivity contribution is 8.14. The van der Waals surface area contributed by atoms with E-state index in [1.807, 2.05) is 11.8 Å². The molecule has 1 saturated carbocycles. The summed E-state index contributed by atoms with van der Waals surface area (Å²) in [5, 5.41) is 1.06. The van der Waals surface area contributed by atoms with E-state index in [2.05, 4.69) is 31.4 Å². The van der Waals surface area contributed by atoms with Gasteiger partial charge in [0, 0.05) is 5.75 Å². The van der Waals surface area contributed by atoms with Crippen molar-refractivity contribution in [2.75, 3.05) is 5.75 Å². The Morgan fingerprint density at radius 2 is 1.83 bits per heavy atom. The highest BCUT2D eigenvalue weighted by Gasteiger charge is 2.15. The minimum atomic E-state index is -1.25. The van der Waals surface area contributed by atoms with E-state index in [0.717, 1.165) is 22.4 Å². The number of hydrogen-bond donors (Lipinski definition) is 0. The Labute approximate surface area is 145 Å². The summed E-state index contributed by atoms with van der Waals surface area (Å²) < 4.78 is 13.1. The van der Waals surface area contributed by atoms with Crippen molar-refractivity contribution in [3.63, 3.8) is 0 Å². The standard InChI is InChI=1S/C19H28FNSSi/c1-23(2,3)14-13-19(21-18-11-9-17(20)10-12-18)22-15-16-7-5-4-6-8-16/h9-14,16H,4-8,15H2,1-3H3. The van der Waals surface area contributed by atoms with Crippen molar-refractivity contribution in [1.82, 2.24) is 0 Å². The third-order valence-corrected chi connectivity index (χ3v) is 6.31. The summed E-state index contributed by atoms with van der Waals surface area (Å²) in [7, 11) is -1.25. The van der Waals surface area contributed by atoms with Crippen molar-refractivity contribution < 1.29 is 4.39 Å². The van der Waals surface area contributed by atoms with Crippen LogP contribution in [0.25, 0.3) is 0 Å². The van der Waals surface area contributed by atoms with Crippen LogP contribution >= 0.6 is 11.8 Å². The van der Waals surface area contributed by atoms with E-state index >= 15 is 0 Å². The summed E-state index contributed by atoms with van der Waals surface area (Å²) in [4.78, 5) is 4.74. The van der Waals surface area contributed by atoms with Gasteiger partial charge < -0.3 is 0 Å². The topological polar surface area (TPSA) is 12.4 Å². The van der Waals surface area contributed by atoms with Crippen LogP contribution < -0.4 is 0 Å². The third-order valence-electron chi connectivity index (χ3n) is 3.98. The van der Waals surface area contributed by atoms with Crippen molar-refractivity contribution in [1.29, 1.82) is 0 Å². The quantitative estimate of drug-likeness (QED) is 0.331. The molecular weight excluding hydrogens is 321 g/mol. The second-order valence-corrected chi connectivity index (χ2v) is 13.5. The molecule has 0 N–H and O–H groups in total. The molecule has 0 aliphatic heterocycles. The summed E-state index contributed by atoms with van der Waals surface area (Å²) >= 11 is 1.86. The highest BCUT2D eigenvalue weighted by Crippen LogP contribution is 2.28. The first-order chi connectivity index (χ1) is 10.9. The molecule has 0 aromatic heterocycles. The lowest BCUT2D eigenvalue weighted by molar-refractivity contribution is 0.391. The molecule has 0 saturated heterocycles. The zero-order chi connectivity index (χ0) is 16.7. The number of rotatable bonds is 5. The van der Waals surface area contributed by atoms with Gasteiger partial charge in [0.05, 0.1) is 18.8 Å². The molecule has 126 valence electrons. The summed E-state index contributed by atoms with van der Waals surface area (Å²) in [5.74, 6) is 1.77. The number of halogens is 1. The van der Waals surface area contributed by atoms with Crippen LogP contribution in [0.4, 0.5) is 10.1 Å². The van der Waals surface area contributed by atoms with Crippen LogP contribution in [-0.4, -0.2) is 18.9 Å². The molecule has 0 unspecified atom stereocenters. The third kappa shape index (κ3) is 7.49. The maximum Gasteiger partial charge on any atom is 0.123 e. The predicted molar refractivity (Wildman–Crippen MR) is 105 cm³/mol. The molecule has 1 fully saturated rings. The summed E-state index contributed by atoms with van der Waals surface area (Å²) in [6, 6.07) is 6.45. The van der Waals surface area contributed by atoms with Crippen molar-refractivity contribution in [2.45, 2.75) is 51.7 Å².